The van der Waals surface area contributed by atoms with Gasteiger partial charge in [0.1, 0.15) is 5.03 Å². The van der Waals surface area contributed by atoms with Crippen LogP contribution in [0.25, 0.3) is 10.9 Å². The van der Waals surface area contributed by atoms with Crippen molar-refractivity contribution in [1.82, 2.24) is 19.9 Å². The highest BCUT2D eigenvalue weighted by Gasteiger charge is 2.18. The summed E-state index contributed by atoms with van der Waals surface area (Å²) in [5.74, 6) is 0.898. The van der Waals surface area contributed by atoms with Crippen LogP contribution in [0.5, 0.6) is 0 Å². The average Bonchev–Trinajstić information content (AvgIpc) is 2.78. The number of rotatable bonds is 2. The van der Waals surface area contributed by atoms with E-state index in [0.29, 0.717) is 0 Å². The van der Waals surface area contributed by atoms with Crippen molar-refractivity contribution in [2.45, 2.75) is 36.9 Å². The number of aromatic nitrogens is 4. The first-order chi connectivity index (χ1) is 10.7. The average molecular weight is 309 g/mol. The largest absolute Gasteiger partial charge is 0.240 e. The molecule has 2 aromatic heterocycles. The molecule has 3 aromatic rings. The number of hydrogen-bond acceptors (Lipinski definition) is 5. The van der Waals surface area contributed by atoms with Crippen LogP contribution >= 0.6 is 11.8 Å². The predicted molar refractivity (Wildman–Crippen MR) is 87.6 cm³/mol. The lowest BCUT2D eigenvalue weighted by Crippen LogP contribution is -1.98. The van der Waals surface area contributed by atoms with Crippen molar-refractivity contribution < 1.29 is 0 Å². The fraction of sp³-hybridized carbons (Fsp3) is 0.250. The third-order valence-corrected chi connectivity index (χ3v) is 4.57. The van der Waals surface area contributed by atoms with Crippen molar-refractivity contribution >= 4 is 28.9 Å². The number of fused-ring (bicyclic) bond motifs is 3. The molecule has 0 N–H and O–H groups in total. The van der Waals surface area contributed by atoms with Gasteiger partial charge in [0, 0.05) is 17.4 Å². The molecule has 1 aliphatic heterocycles. The van der Waals surface area contributed by atoms with Crippen LogP contribution in [0.3, 0.4) is 0 Å². The molecule has 0 spiro atoms. The first-order valence-corrected chi connectivity index (χ1v) is 8.14. The van der Waals surface area contributed by atoms with E-state index >= 15 is 0 Å². The summed E-state index contributed by atoms with van der Waals surface area (Å²) in [5.41, 5.74) is 3.25. The Morgan fingerprint density at radius 1 is 1.18 bits per heavy atom. The number of hydrogen-bond donors (Lipinski definition) is 0. The zero-order chi connectivity index (χ0) is 15.1. The minimum atomic E-state index is 0.775. The van der Waals surface area contributed by atoms with Crippen LogP contribution in [0.15, 0.2) is 39.5 Å². The standard InChI is InChI=1S/C16H15N5S/c1-3-4-14-19-20-16-21(14)17-9-12-8-11-7-10(2)5-6-13(11)18-15(12)22-16/h5-9H,3-4H2,1-2H3. The lowest BCUT2D eigenvalue weighted by atomic mass is 10.1. The highest BCUT2D eigenvalue weighted by Crippen LogP contribution is 2.32. The Bertz CT molecular complexity index is 897. The second-order valence-corrected chi connectivity index (χ2v) is 6.34. The lowest BCUT2D eigenvalue weighted by molar-refractivity contribution is 0.701. The van der Waals surface area contributed by atoms with E-state index < -0.39 is 0 Å². The Kier molecular flexibility index (Phi) is 3.18. The molecule has 0 bridgehead atoms. The minimum Gasteiger partial charge on any atom is -0.240 e. The van der Waals surface area contributed by atoms with Gasteiger partial charge in [-0.2, -0.15) is 9.78 Å². The van der Waals surface area contributed by atoms with Crippen LogP contribution < -0.4 is 0 Å². The fourth-order valence-corrected chi connectivity index (χ4v) is 3.40. The maximum atomic E-state index is 4.76. The Hall–Kier alpha value is -2.21. The smallest absolute Gasteiger partial charge is 0.218 e. The molecule has 1 aromatic carbocycles. The summed E-state index contributed by atoms with van der Waals surface area (Å²) in [6.45, 7) is 4.22. The van der Waals surface area contributed by atoms with Gasteiger partial charge in [-0.05, 0) is 43.3 Å². The molecule has 0 atom stereocenters. The third-order valence-electron chi connectivity index (χ3n) is 3.61. The van der Waals surface area contributed by atoms with Crippen LogP contribution in [0.4, 0.5) is 0 Å². The molecule has 0 fully saturated rings. The highest BCUT2D eigenvalue weighted by molar-refractivity contribution is 7.99. The summed E-state index contributed by atoms with van der Waals surface area (Å²) in [6, 6.07) is 8.43. The molecule has 4 rings (SSSR count). The molecule has 22 heavy (non-hydrogen) atoms. The summed E-state index contributed by atoms with van der Waals surface area (Å²) < 4.78 is 1.83. The van der Waals surface area contributed by atoms with E-state index in [1.807, 2.05) is 10.9 Å². The molecule has 0 saturated carbocycles. The number of nitrogens with zero attached hydrogens (tertiary/aromatic N) is 5. The van der Waals surface area contributed by atoms with Crippen molar-refractivity contribution in [2.75, 3.05) is 0 Å². The second kappa shape index (κ2) is 5.21. The van der Waals surface area contributed by atoms with Gasteiger partial charge >= 0.3 is 0 Å². The van der Waals surface area contributed by atoms with Gasteiger partial charge in [-0.3, -0.25) is 0 Å². The SMILES string of the molecule is CCCc1nnc2n1N=Cc1cc3cc(C)ccc3nc1S2. The number of benzene rings is 1. The molecule has 110 valence electrons. The maximum Gasteiger partial charge on any atom is 0.218 e. The van der Waals surface area contributed by atoms with Crippen molar-refractivity contribution in [2.24, 2.45) is 5.10 Å². The van der Waals surface area contributed by atoms with Crippen molar-refractivity contribution in [3.8, 4) is 0 Å². The van der Waals surface area contributed by atoms with E-state index in [-0.39, 0.29) is 0 Å². The van der Waals surface area contributed by atoms with Gasteiger partial charge in [0.05, 0.1) is 11.7 Å². The van der Waals surface area contributed by atoms with E-state index in [1.165, 1.54) is 17.3 Å². The van der Waals surface area contributed by atoms with Crippen LogP contribution in [0.2, 0.25) is 0 Å². The van der Waals surface area contributed by atoms with Crippen LogP contribution in [-0.2, 0) is 6.42 Å². The van der Waals surface area contributed by atoms with Gasteiger partial charge in [0.2, 0.25) is 5.16 Å². The molecule has 3 heterocycles. The Labute approximate surface area is 132 Å². The fourth-order valence-electron chi connectivity index (χ4n) is 2.53. The normalized spacial score (nSPS) is 13.0. The van der Waals surface area contributed by atoms with E-state index in [0.717, 1.165) is 45.3 Å². The molecular formula is C16H15N5S. The molecule has 5 nitrogen and oxygen atoms in total. The third kappa shape index (κ3) is 2.20. The number of aryl methyl sites for hydroxylation is 2. The molecule has 0 saturated heterocycles. The first kappa shape index (κ1) is 13.5. The van der Waals surface area contributed by atoms with Crippen molar-refractivity contribution in [1.29, 1.82) is 0 Å². The van der Waals surface area contributed by atoms with Gasteiger partial charge in [0.15, 0.2) is 5.82 Å². The van der Waals surface area contributed by atoms with Crippen LogP contribution in [0.1, 0.15) is 30.3 Å². The summed E-state index contributed by atoms with van der Waals surface area (Å²) in [6.07, 6.45) is 3.75. The predicted octanol–water partition coefficient (Wildman–Crippen LogP) is 3.43. The molecule has 0 aliphatic carbocycles. The summed E-state index contributed by atoms with van der Waals surface area (Å²) in [5, 5.41) is 15.9. The van der Waals surface area contributed by atoms with Gasteiger partial charge in [-0.15, -0.1) is 10.2 Å². The minimum absolute atomic E-state index is 0.775. The van der Waals surface area contributed by atoms with Crippen molar-refractivity contribution in [3.63, 3.8) is 0 Å². The molecule has 1 aliphatic rings. The van der Waals surface area contributed by atoms with Gasteiger partial charge < -0.3 is 0 Å². The lowest BCUT2D eigenvalue weighted by Gasteiger charge is -2.04. The Morgan fingerprint density at radius 3 is 2.95 bits per heavy atom. The van der Waals surface area contributed by atoms with Gasteiger partial charge in [0.25, 0.3) is 0 Å². The van der Waals surface area contributed by atoms with Gasteiger partial charge in [-0.1, -0.05) is 18.6 Å². The van der Waals surface area contributed by atoms with E-state index in [9.17, 15) is 0 Å². The molecule has 0 amide bonds. The van der Waals surface area contributed by atoms with Gasteiger partial charge in [-0.25, -0.2) is 4.98 Å². The Morgan fingerprint density at radius 2 is 2.09 bits per heavy atom. The Balaban J connectivity index is 1.85. The van der Waals surface area contributed by atoms with E-state index in [1.54, 1.807) is 0 Å². The summed E-state index contributed by atoms with van der Waals surface area (Å²) in [7, 11) is 0. The van der Waals surface area contributed by atoms with Crippen molar-refractivity contribution in [3.05, 3.63) is 41.2 Å². The van der Waals surface area contributed by atoms with E-state index in [4.69, 9.17) is 4.98 Å². The van der Waals surface area contributed by atoms with Crippen LogP contribution in [-0.4, -0.2) is 26.1 Å². The summed E-state index contributed by atoms with van der Waals surface area (Å²) in [4.78, 5) is 4.76. The topological polar surface area (TPSA) is 56.0 Å². The molecule has 6 heteroatoms. The van der Waals surface area contributed by atoms with Crippen LogP contribution in [0, 0.1) is 6.92 Å². The molecular weight excluding hydrogens is 294 g/mol. The first-order valence-electron chi connectivity index (χ1n) is 7.32. The summed E-state index contributed by atoms with van der Waals surface area (Å²) >= 11 is 1.52. The molecule has 0 unspecified atom stereocenters. The molecule has 0 radical (unpaired) electrons. The monoisotopic (exact) mass is 309 g/mol. The second-order valence-electron chi connectivity index (χ2n) is 5.39. The quantitative estimate of drug-likeness (QED) is 0.569. The number of pyridine rings is 1. The maximum absolute atomic E-state index is 4.76. The zero-order valence-electron chi connectivity index (χ0n) is 12.4. The van der Waals surface area contributed by atoms with E-state index in [2.05, 4.69) is 53.4 Å². The zero-order valence-corrected chi connectivity index (χ0v) is 13.3. The highest BCUT2D eigenvalue weighted by atomic mass is 32.2.